The molecule has 0 saturated heterocycles. The van der Waals surface area contributed by atoms with Crippen LogP contribution in [0.3, 0.4) is 0 Å². The number of nitrogens with zero attached hydrogens (tertiary/aromatic N) is 1. The maximum absolute atomic E-state index is 13.1. The molecule has 1 atom stereocenters. The summed E-state index contributed by atoms with van der Waals surface area (Å²) in [5.41, 5.74) is 4.60. The summed E-state index contributed by atoms with van der Waals surface area (Å²) in [6, 6.07) is 27.3. The number of aryl methyl sites for hydroxylation is 1. The number of hydrogen-bond acceptors (Lipinski definition) is 3. The number of pyridine rings is 1. The molecular weight excluding hydrogens is 372 g/mol. The van der Waals surface area contributed by atoms with Gasteiger partial charge in [0, 0.05) is 11.5 Å². The molecule has 150 valence electrons. The summed E-state index contributed by atoms with van der Waals surface area (Å²) < 4.78 is 5.93. The Labute approximate surface area is 176 Å². The fourth-order valence-corrected chi connectivity index (χ4v) is 3.35. The van der Waals surface area contributed by atoms with Gasteiger partial charge in [0.1, 0.15) is 6.61 Å². The SMILES string of the molecule is Cc1ccc(COc2cc(C(=O)N[C@H](C)c3ccccc3)c3ccccc3n2)cc1. The topological polar surface area (TPSA) is 51.2 Å². The number of ether oxygens (including phenoxy) is 1. The predicted octanol–water partition coefficient (Wildman–Crippen LogP) is 5.61. The van der Waals surface area contributed by atoms with E-state index in [2.05, 4.69) is 29.4 Å². The lowest BCUT2D eigenvalue weighted by Crippen LogP contribution is -2.27. The minimum Gasteiger partial charge on any atom is -0.473 e. The Kier molecular flexibility index (Phi) is 5.75. The molecule has 1 aromatic heterocycles. The van der Waals surface area contributed by atoms with Gasteiger partial charge in [-0.15, -0.1) is 0 Å². The second kappa shape index (κ2) is 8.78. The molecule has 4 nitrogen and oxygen atoms in total. The van der Waals surface area contributed by atoms with Gasteiger partial charge in [0.15, 0.2) is 0 Å². The molecule has 0 unspecified atom stereocenters. The Bertz CT molecular complexity index is 1150. The number of hydrogen-bond donors (Lipinski definition) is 1. The molecule has 0 spiro atoms. The number of carbonyl (C=O) groups is 1. The Balaban J connectivity index is 1.59. The molecule has 4 heteroatoms. The second-order valence-corrected chi connectivity index (χ2v) is 7.41. The first-order valence-electron chi connectivity index (χ1n) is 10.0. The zero-order valence-corrected chi connectivity index (χ0v) is 17.1. The van der Waals surface area contributed by atoms with E-state index in [1.807, 2.05) is 73.7 Å². The Morgan fingerprint density at radius 2 is 1.67 bits per heavy atom. The minimum atomic E-state index is -0.148. The van der Waals surface area contributed by atoms with Gasteiger partial charge in [0.25, 0.3) is 5.91 Å². The van der Waals surface area contributed by atoms with Gasteiger partial charge in [-0.3, -0.25) is 4.79 Å². The highest BCUT2D eigenvalue weighted by Crippen LogP contribution is 2.24. The molecule has 1 heterocycles. The van der Waals surface area contributed by atoms with Crippen molar-refractivity contribution in [2.45, 2.75) is 26.5 Å². The van der Waals surface area contributed by atoms with Gasteiger partial charge in [-0.2, -0.15) is 0 Å². The number of fused-ring (bicyclic) bond motifs is 1. The van der Waals surface area contributed by atoms with Gasteiger partial charge in [0.05, 0.1) is 17.1 Å². The maximum atomic E-state index is 13.1. The fourth-order valence-electron chi connectivity index (χ4n) is 3.35. The first-order chi connectivity index (χ1) is 14.6. The Hall–Kier alpha value is -3.66. The standard InChI is InChI=1S/C26H24N2O2/c1-18-12-14-20(15-13-18)17-30-25-16-23(22-10-6-7-11-24(22)28-25)26(29)27-19(2)21-8-4-3-5-9-21/h3-16,19H,17H2,1-2H3,(H,27,29)/t19-/m1/s1. The van der Waals surface area contributed by atoms with Gasteiger partial charge < -0.3 is 10.1 Å². The molecule has 4 rings (SSSR count). The smallest absolute Gasteiger partial charge is 0.252 e. The van der Waals surface area contributed by atoms with Crippen molar-refractivity contribution in [3.05, 3.63) is 107 Å². The van der Waals surface area contributed by atoms with Crippen LogP contribution in [0.2, 0.25) is 0 Å². The summed E-state index contributed by atoms with van der Waals surface area (Å²) in [6.45, 7) is 4.43. The lowest BCUT2D eigenvalue weighted by molar-refractivity contribution is 0.0941. The highest BCUT2D eigenvalue weighted by Gasteiger charge is 2.16. The normalized spacial score (nSPS) is 11.8. The van der Waals surface area contributed by atoms with Crippen molar-refractivity contribution in [1.82, 2.24) is 10.3 Å². The van der Waals surface area contributed by atoms with Crippen LogP contribution in [0.15, 0.2) is 84.9 Å². The van der Waals surface area contributed by atoms with E-state index in [0.717, 1.165) is 22.0 Å². The highest BCUT2D eigenvalue weighted by molar-refractivity contribution is 6.06. The van der Waals surface area contributed by atoms with Crippen LogP contribution < -0.4 is 10.1 Å². The van der Waals surface area contributed by atoms with E-state index >= 15 is 0 Å². The zero-order chi connectivity index (χ0) is 20.9. The van der Waals surface area contributed by atoms with E-state index in [1.165, 1.54) is 5.56 Å². The van der Waals surface area contributed by atoms with E-state index < -0.39 is 0 Å². The van der Waals surface area contributed by atoms with Gasteiger partial charge in [-0.25, -0.2) is 4.98 Å². The van der Waals surface area contributed by atoms with Crippen molar-refractivity contribution in [3.63, 3.8) is 0 Å². The molecule has 1 N–H and O–H groups in total. The third-order valence-corrected chi connectivity index (χ3v) is 5.09. The lowest BCUT2D eigenvalue weighted by Gasteiger charge is -2.16. The van der Waals surface area contributed by atoms with Crippen LogP contribution in [0.1, 0.15) is 40.0 Å². The summed E-state index contributed by atoms with van der Waals surface area (Å²) in [5, 5.41) is 3.89. The first-order valence-corrected chi connectivity index (χ1v) is 10.0. The Morgan fingerprint density at radius 3 is 2.43 bits per heavy atom. The van der Waals surface area contributed by atoms with Crippen molar-refractivity contribution in [1.29, 1.82) is 0 Å². The number of amides is 1. The molecular formula is C26H24N2O2. The van der Waals surface area contributed by atoms with E-state index in [-0.39, 0.29) is 11.9 Å². The summed E-state index contributed by atoms with van der Waals surface area (Å²) >= 11 is 0. The number of benzene rings is 3. The third kappa shape index (κ3) is 4.49. The summed E-state index contributed by atoms with van der Waals surface area (Å²) in [4.78, 5) is 17.7. The highest BCUT2D eigenvalue weighted by atomic mass is 16.5. The van der Waals surface area contributed by atoms with E-state index in [4.69, 9.17) is 4.74 Å². The predicted molar refractivity (Wildman–Crippen MR) is 120 cm³/mol. The molecule has 0 aliphatic carbocycles. The van der Waals surface area contributed by atoms with E-state index in [9.17, 15) is 4.79 Å². The summed E-state index contributed by atoms with van der Waals surface area (Å²) in [6.07, 6.45) is 0. The third-order valence-electron chi connectivity index (χ3n) is 5.09. The van der Waals surface area contributed by atoms with Crippen LogP contribution in [0.25, 0.3) is 10.9 Å². The van der Waals surface area contributed by atoms with Crippen LogP contribution in [-0.4, -0.2) is 10.9 Å². The molecule has 0 aliphatic rings. The van der Waals surface area contributed by atoms with Gasteiger partial charge in [0.2, 0.25) is 5.88 Å². The van der Waals surface area contributed by atoms with Gasteiger partial charge in [-0.1, -0.05) is 78.4 Å². The van der Waals surface area contributed by atoms with Gasteiger partial charge in [-0.05, 0) is 31.0 Å². The first kappa shape index (κ1) is 19.6. The molecule has 0 bridgehead atoms. The van der Waals surface area contributed by atoms with Crippen molar-refractivity contribution in [2.75, 3.05) is 0 Å². The molecule has 0 fully saturated rings. The Morgan fingerprint density at radius 1 is 0.967 bits per heavy atom. The largest absolute Gasteiger partial charge is 0.473 e. The molecule has 0 saturated carbocycles. The molecule has 0 radical (unpaired) electrons. The zero-order valence-electron chi connectivity index (χ0n) is 17.1. The van der Waals surface area contributed by atoms with Crippen LogP contribution in [-0.2, 0) is 6.61 Å². The average Bonchev–Trinajstić information content (AvgIpc) is 2.78. The quantitative estimate of drug-likeness (QED) is 0.461. The molecule has 4 aromatic rings. The monoisotopic (exact) mass is 396 g/mol. The van der Waals surface area contributed by atoms with Crippen molar-refractivity contribution >= 4 is 16.8 Å². The van der Waals surface area contributed by atoms with Crippen LogP contribution in [0, 0.1) is 6.92 Å². The number of aromatic nitrogens is 1. The van der Waals surface area contributed by atoms with Crippen LogP contribution in [0.4, 0.5) is 0 Å². The minimum absolute atomic E-state index is 0.109. The number of carbonyl (C=O) groups excluding carboxylic acids is 1. The molecule has 3 aromatic carbocycles. The fraction of sp³-hybridized carbons (Fsp3) is 0.154. The molecule has 30 heavy (non-hydrogen) atoms. The summed E-state index contributed by atoms with van der Waals surface area (Å²) in [5.74, 6) is 0.289. The van der Waals surface area contributed by atoms with E-state index in [0.29, 0.717) is 18.1 Å². The second-order valence-electron chi connectivity index (χ2n) is 7.41. The lowest BCUT2D eigenvalue weighted by atomic mass is 10.1. The van der Waals surface area contributed by atoms with Crippen molar-refractivity contribution in [2.24, 2.45) is 0 Å². The van der Waals surface area contributed by atoms with Crippen molar-refractivity contribution < 1.29 is 9.53 Å². The van der Waals surface area contributed by atoms with Gasteiger partial charge >= 0.3 is 0 Å². The maximum Gasteiger partial charge on any atom is 0.252 e. The number of rotatable bonds is 6. The van der Waals surface area contributed by atoms with Crippen LogP contribution in [0.5, 0.6) is 5.88 Å². The van der Waals surface area contributed by atoms with Crippen molar-refractivity contribution in [3.8, 4) is 5.88 Å². The summed E-state index contributed by atoms with van der Waals surface area (Å²) in [7, 11) is 0. The number of nitrogens with one attached hydrogen (secondary N) is 1. The average molecular weight is 396 g/mol. The number of para-hydroxylation sites is 1. The molecule has 0 aliphatic heterocycles. The van der Waals surface area contributed by atoms with Crippen LogP contribution >= 0.6 is 0 Å². The molecule has 1 amide bonds. The van der Waals surface area contributed by atoms with E-state index in [1.54, 1.807) is 6.07 Å².